The molecule has 1 aromatic carbocycles. The normalized spacial score (nSPS) is 34.7. The van der Waals surface area contributed by atoms with Crippen molar-refractivity contribution in [2.24, 2.45) is 17.8 Å². The number of rotatable bonds is 3. The van der Waals surface area contributed by atoms with Gasteiger partial charge in [0.2, 0.25) is 5.91 Å². The van der Waals surface area contributed by atoms with Gasteiger partial charge in [0, 0.05) is 12.0 Å². The fourth-order valence-corrected chi connectivity index (χ4v) is 4.47. The molecular formula is C18H24N2O. The molecule has 3 nitrogen and oxygen atoms in total. The first-order chi connectivity index (χ1) is 10.3. The summed E-state index contributed by atoms with van der Waals surface area (Å²) in [6.07, 6.45) is 3.50. The van der Waals surface area contributed by atoms with E-state index in [1.54, 1.807) is 0 Å². The van der Waals surface area contributed by atoms with Crippen LogP contribution in [0, 0.1) is 17.8 Å². The second-order valence-electron chi connectivity index (χ2n) is 7.00. The summed E-state index contributed by atoms with van der Waals surface area (Å²) in [6.45, 7) is 4.30. The molecular weight excluding hydrogens is 260 g/mol. The average molecular weight is 284 g/mol. The molecule has 3 aliphatic rings. The second kappa shape index (κ2) is 5.13. The summed E-state index contributed by atoms with van der Waals surface area (Å²) in [6, 6.07) is 8.98. The number of hydrogen-bond donors (Lipinski definition) is 2. The molecule has 5 atom stereocenters. The van der Waals surface area contributed by atoms with Crippen molar-refractivity contribution in [3.8, 4) is 0 Å². The highest BCUT2D eigenvalue weighted by Gasteiger charge is 2.57. The van der Waals surface area contributed by atoms with Crippen molar-refractivity contribution in [1.82, 2.24) is 10.6 Å². The Hall–Kier alpha value is -1.35. The average Bonchev–Trinajstić information content (AvgIpc) is 2.99. The van der Waals surface area contributed by atoms with Gasteiger partial charge in [-0.1, -0.05) is 24.3 Å². The fraction of sp³-hybridized carbons (Fsp3) is 0.611. The van der Waals surface area contributed by atoms with Gasteiger partial charge >= 0.3 is 0 Å². The standard InChI is InChI=1S/C18H24N2O/c1-11(13-8-9-19-10-13)20-18(21)17-15-7-6-12-4-2-3-5-14(12)16(15)17/h2-5,11,13,15-17,19H,6-10H2,1H3,(H,20,21). The van der Waals surface area contributed by atoms with Crippen LogP contribution in [0.1, 0.15) is 36.8 Å². The third-order valence-electron chi connectivity index (χ3n) is 5.81. The summed E-state index contributed by atoms with van der Waals surface area (Å²) in [4.78, 5) is 12.6. The van der Waals surface area contributed by atoms with Crippen LogP contribution >= 0.6 is 0 Å². The summed E-state index contributed by atoms with van der Waals surface area (Å²) in [5.74, 6) is 2.20. The Bertz CT molecular complexity index is 550. The SMILES string of the molecule is CC(NC(=O)C1C2CCc3ccccc3C21)C1CCNC1. The predicted molar refractivity (Wildman–Crippen MR) is 83.1 cm³/mol. The van der Waals surface area contributed by atoms with Gasteiger partial charge in [-0.15, -0.1) is 0 Å². The van der Waals surface area contributed by atoms with Gasteiger partial charge in [0.05, 0.1) is 0 Å². The Morgan fingerprint density at radius 3 is 3.00 bits per heavy atom. The van der Waals surface area contributed by atoms with Crippen LogP contribution < -0.4 is 10.6 Å². The Morgan fingerprint density at radius 1 is 1.33 bits per heavy atom. The van der Waals surface area contributed by atoms with Gasteiger partial charge in [-0.25, -0.2) is 0 Å². The molecule has 2 aliphatic carbocycles. The molecule has 2 N–H and O–H groups in total. The Labute approximate surface area is 126 Å². The first kappa shape index (κ1) is 13.3. The Balaban J connectivity index is 1.43. The molecule has 0 spiro atoms. The van der Waals surface area contributed by atoms with Gasteiger partial charge in [0.25, 0.3) is 0 Å². The molecule has 2 fully saturated rings. The van der Waals surface area contributed by atoms with Crippen molar-refractivity contribution in [2.75, 3.05) is 13.1 Å². The lowest BCUT2D eigenvalue weighted by Gasteiger charge is -2.20. The molecule has 1 heterocycles. The van der Waals surface area contributed by atoms with Crippen LogP contribution in [-0.4, -0.2) is 25.0 Å². The van der Waals surface area contributed by atoms with Gasteiger partial charge in [-0.05, 0) is 68.2 Å². The van der Waals surface area contributed by atoms with E-state index in [0.29, 0.717) is 29.7 Å². The highest BCUT2D eigenvalue weighted by molar-refractivity contribution is 5.84. The monoisotopic (exact) mass is 284 g/mol. The van der Waals surface area contributed by atoms with Crippen LogP contribution in [0.4, 0.5) is 0 Å². The quantitative estimate of drug-likeness (QED) is 0.892. The molecule has 0 aromatic heterocycles. The lowest BCUT2D eigenvalue weighted by molar-refractivity contribution is -0.123. The lowest BCUT2D eigenvalue weighted by Crippen LogP contribution is -2.40. The van der Waals surface area contributed by atoms with Gasteiger partial charge in [0.15, 0.2) is 0 Å². The van der Waals surface area contributed by atoms with Crippen LogP contribution in [0.2, 0.25) is 0 Å². The van der Waals surface area contributed by atoms with E-state index >= 15 is 0 Å². The summed E-state index contributed by atoms with van der Waals surface area (Å²) in [5, 5.41) is 6.67. The summed E-state index contributed by atoms with van der Waals surface area (Å²) in [5.41, 5.74) is 2.89. The first-order valence-corrected chi connectivity index (χ1v) is 8.34. The summed E-state index contributed by atoms with van der Waals surface area (Å²) in [7, 11) is 0. The molecule has 1 aromatic rings. The Morgan fingerprint density at radius 2 is 2.19 bits per heavy atom. The maximum absolute atomic E-state index is 12.6. The zero-order valence-electron chi connectivity index (χ0n) is 12.6. The molecule has 0 bridgehead atoms. The van der Waals surface area contributed by atoms with Crippen LogP contribution in [0.3, 0.4) is 0 Å². The van der Waals surface area contributed by atoms with Gasteiger partial charge < -0.3 is 10.6 Å². The number of aryl methyl sites for hydroxylation is 1. The van der Waals surface area contributed by atoms with E-state index in [2.05, 4.69) is 41.8 Å². The molecule has 1 amide bonds. The maximum atomic E-state index is 12.6. The largest absolute Gasteiger partial charge is 0.353 e. The smallest absolute Gasteiger partial charge is 0.224 e. The molecule has 5 unspecified atom stereocenters. The zero-order chi connectivity index (χ0) is 14.4. The van der Waals surface area contributed by atoms with E-state index in [9.17, 15) is 4.79 Å². The molecule has 3 heteroatoms. The van der Waals surface area contributed by atoms with Crippen molar-refractivity contribution >= 4 is 5.91 Å². The molecule has 1 saturated carbocycles. The first-order valence-electron chi connectivity index (χ1n) is 8.34. The molecule has 1 aliphatic heterocycles. The van der Waals surface area contributed by atoms with E-state index in [1.165, 1.54) is 24.0 Å². The van der Waals surface area contributed by atoms with Crippen LogP contribution in [-0.2, 0) is 11.2 Å². The zero-order valence-corrected chi connectivity index (χ0v) is 12.6. The molecule has 112 valence electrons. The summed E-state index contributed by atoms with van der Waals surface area (Å²) >= 11 is 0. The minimum atomic E-state index is 0.227. The highest BCUT2D eigenvalue weighted by atomic mass is 16.2. The maximum Gasteiger partial charge on any atom is 0.224 e. The highest BCUT2D eigenvalue weighted by Crippen LogP contribution is 2.59. The fourth-order valence-electron chi connectivity index (χ4n) is 4.47. The summed E-state index contributed by atoms with van der Waals surface area (Å²) < 4.78 is 0. The number of hydrogen-bond acceptors (Lipinski definition) is 2. The van der Waals surface area contributed by atoms with Gasteiger partial charge in [-0.3, -0.25) is 4.79 Å². The minimum Gasteiger partial charge on any atom is -0.353 e. The number of nitrogens with one attached hydrogen (secondary N) is 2. The second-order valence-corrected chi connectivity index (χ2v) is 7.00. The minimum absolute atomic E-state index is 0.227. The van der Waals surface area contributed by atoms with E-state index in [1.807, 2.05) is 0 Å². The van der Waals surface area contributed by atoms with E-state index in [0.717, 1.165) is 19.5 Å². The number of carbonyl (C=O) groups is 1. The number of benzene rings is 1. The molecule has 4 rings (SSSR count). The topological polar surface area (TPSA) is 41.1 Å². The van der Waals surface area contributed by atoms with E-state index in [-0.39, 0.29) is 5.92 Å². The number of carbonyl (C=O) groups excluding carboxylic acids is 1. The van der Waals surface area contributed by atoms with Crippen molar-refractivity contribution in [3.05, 3.63) is 35.4 Å². The van der Waals surface area contributed by atoms with Crippen LogP contribution in [0.5, 0.6) is 0 Å². The van der Waals surface area contributed by atoms with Crippen LogP contribution in [0.25, 0.3) is 0 Å². The Kier molecular flexibility index (Phi) is 3.26. The lowest BCUT2D eigenvalue weighted by atomic mass is 9.92. The van der Waals surface area contributed by atoms with Crippen molar-refractivity contribution in [1.29, 1.82) is 0 Å². The number of fused-ring (bicyclic) bond motifs is 3. The van der Waals surface area contributed by atoms with Crippen molar-refractivity contribution < 1.29 is 4.79 Å². The van der Waals surface area contributed by atoms with Crippen molar-refractivity contribution in [3.63, 3.8) is 0 Å². The predicted octanol–water partition coefficient (Wildman–Crippen LogP) is 2.08. The van der Waals surface area contributed by atoms with E-state index < -0.39 is 0 Å². The van der Waals surface area contributed by atoms with Gasteiger partial charge in [-0.2, -0.15) is 0 Å². The molecule has 21 heavy (non-hydrogen) atoms. The van der Waals surface area contributed by atoms with Gasteiger partial charge in [0.1, 0.15) is 0 Å². The molecule has 1 saturated heterocycles. The number of amides is 1. The molecule has 0 radical (unpaired) electrons. The van der Waals surface area contributed by atoms with Crippen molar-refractivity contribution in [2.45, 2.75) is 38.1 Å². The van der Waals surface area contributed by atoms with E-state index in [4.69, 9.17) is 0 Å². The third kappa shape index (κ3) is 2.28. The van der Waals surface area contributed by atoms with Crippen LogP contribution in [0.15, 0.2) is 24.3 Å². The third-order valence-corrected chi connectivity index (χ3v) is 5.81.